The first-order valence-electron chi connectivity index (χ1n) is 8.59. The van der Waals surface area contributed by atoms with Gasteiger partial charge < -0.3 is 10.1 Å². The largest absolute Gasteiger partial charge is 0.379 e. The number of hydrogen-bond acceptors (Lipinski definition) is 3. The zero-order chi connectivity index (χ0) is 14.6. The maximum absolute atomic E-state index is 5.52. The van der Waals surface area contributed by atoms with Crippen molar-refractivity contribution in [2.75, 3.05) is 33.4 Å². The molecule has 3 nitrogen and oxygen atoms in total. The highest BCUT2D eigenvalue weighted by Crippen LogP contribution is 2.37. The quantitative estimate of drug-likeness (QED) is 0.839. The Balaban J connectivity index is 1.99. The standard InChI is InChI=1S/C17H34N2O/c1-5-14-6-8-15(9-7-14)16(18-4)17(2,3)19-10-12-20-13-11-19/h14-16,18H,5-13H2,1-4H3. The number of rotatable bonds is 5. The molecule has 1 heterocycles. The van der Waals surface area contributed by atoms with Crippen molar-refractivity contribution in [3.05, 3.63) is 0 Å². The Hall–Kier alpha value is -0.120. The van der Waals surface area contributed by atoms with E-state index in [1.807, 2.05) is 0 Å². The second-order valence-corrected chi connectivity index (χ2v) is 7.21. The van der Waals surface area contributed by atoms with Crippen LogP contribution in [0, 0.1) is 11.8 Å². The fraction of sp³-hybridized carbons (Fsp3) is 1.00. The molecule has 2 fully saturated rings. The molecule has 20 heavy (non-hydrogen) atoms. The Morgan fingerprint density at radius 2 is 1.75 bits per heavy atom. The van der Waals surface area contributed by atoms with Crippen molar-refractivity contribution in [2.24, 2.45) is 11.8 Å². The van der Waals surface area contributed by atoms with E-state index >= 15 is 0 Å². The molecular weight excluding hydrogens is 248 g/mol. The molecule has 0 aromatic heterocycles. The zero-order valence-corrected chi connectivity index (χ0v) is 14.0. The first kappa shape index (κ1) is 16.3. The van der Waals surface area contributed by atoms with Gasteiger partial charge in [0.2, 0.25) is 0 Å². The van der Waals surface area contributed by atoms with Gasteiger partial charge in [-0.05, 0) is 45.6 Å². The van der Waals surface area contributed by atoms with E-state index in [4.69, 9.17) is 4.74 Å². The fourth-order valence-corrected chi connectivity index (χ4v) is 4.43. The molecule has 1 aliphatic carbocycles. The molecular formula is C17H34N2O. The summed E-state index contributed by atoms with van der Waals surface area (Å²) in [5.41, 5.74) is 0.224. The molecule has 0 bridgehead atoms. The van der Waals surface area contributed by atoms with Crippen molar-refractivity contribution in [2.45, 2.75) is 64.5 Å². The van der Waals surface area contributed by atoms with Crippen LogP contribution in [0.3, 0.4) is 0 Å². The Labute approximate surface area is 125 Å². The van der Waals surface area contributed by atoms with Gasteiger partial charge in [0.15, 0.2) is 0 Å². The van der Waals surface area contributed by atoms with Gasteiger partial charge in [-0.15, -0.1) is 0 Å². The van der Waals surface area contributed by atoms with Crippen molar-refractivity contribution in [1.82, 2.24) is 10.2 Å². The molecule has 2 rings (SSSR count). The monoisotopic (exact) mass is 282 g/mol. The highest BCUT2D eigenvalue weighted by Gasteiger charge is 2.40. The predicted molar refractivity (Wildman–Crippen MR) is 85.1 cm³/mol. The van der Waals surface area contributed by atoms with Crippen LogP contribution in [0.4, 0.5) is 0 Å². The minimum absolute atomic E-state index is 0.224. The lowest BCUT2D eigenvalue weighted by Crippen LogP contribution is -2.62. The molecule has 1 N–H and O–H groups in total. The summed E-state index contributed by atoms with van der Waals surface area (Å²) in [6.45, 7) is 11.1. The van der Waals surface area contributed by atoms with E-state index in [1.165, 1.54) is 32.1 Å². The second kappa shape index (κ2) is 7.24. The van der Waals surface area contributed by atoms with Gasteiger partial charge in [0.1, 0.15) is 0 Å². The molecule has 0 amide bonds. The average molecular weight is 282 g/mol. The van der Waals surface area contributed by atoms with Crippen molar-refractivity contribution in [1.29, 1.82) is 0 Å². The Morgan fingerprint density at radius 3 is 2.25 bits per heavy atom. The van der Waals surface area contributed by atoms with Gasteiger partial charge in [-0.1, -0.05) is 26.2 Å². The molecule has 2 aliphatic rings. The van der Waals surface area contributed by atoms with E-state index < -0.39 is 0 Å². The van der Waals surface area contributed by atoms with Crippen LogP contribution in [-0.4, -0.2) is 49.8 Å². The molecule has 118 valence electrons. The molecule has 1 saturated heterocycles. The smallest absolute Gasteiger partial charge is 0.0594 e. The maximum Gasteiger partial charge on any atom is 0.0594 e. The van der Waals surface area contributed by atoms with Crippen LogP contribution >= 0.6 is 0 Å². The van der Waals surface area contributed by atoms with Crippen LogP contribution in [0.1, 0.15) is 52.9 Å². The summed E-state index contributed by atoms with van der Waals surface area (Å²) in [6.07, 6.45) is 7.02. The van der Waals surface area contributed by atoms with Gasteiger partial charge >= 0.3 is 0 Å². The molecule has 1 unspecified atom stereocenters. The Morgan fingerprint density at radius 1 is 1.15 bits per heavy atom. The van der Waals surface area contributed by atoms with Crippen LogP contribution < -0.4 is 5.32 Å². The lowest BCUT2D eigenvalue weighted by atomic mass is 9.72. The van der Waals surface area contributed by atoms with Gasteiger partial charge in [0.05, 0.1) is 13.2 Å². The summed E-state index contributed by atoms with van der Waals surface area (Å²) in [5, 5.41) is 3.66. The number of nitrogens with zero attached hydrogens (tertiary/aromatic N) is 1. The summed E-state index contributed by atoms with van der Waals surface area (Å²) in [4.78, 5) is 2.63. The van der Waals surface area contributed by atoms with Crippen LogP contribution in [-0.2, 0) is 4.74 Å². The lowest BCUT2D eigenvalue weighted by Gasteiger charge is -2.49. The van der Waals surface area contributed by atoms with Crippen molar-refractivity contribution < 1.29 is 4.74 Å². The summed E-state index contributed by atoms with van der Waals surface area (Å²) < 4.78 is 5.52. The van der Waals surface area contributed by atoms with Crippen LogP contribution in [0.15, 0.2) is 0 Å². The molecule has 0 radical (unpaired) electrons. The fourth-order valence-electron chi connectivity index (χ4n) is 4.43. The predicted octanol–water partition coefficient (Wildman–Crippen LogP) is 2.90. The third kappa shape index (κ3) is 3.55. The molecule has 0 spiro atoms. The number of hydrogen-bond donors (Lipinski definition) is 1. The van der Waals surface area contributed by atoms with Gasteiger partial charge in [-0.3, -0.25) is 4.90 Å². The van der Waals surface area contributed by atoms with E-state index in [0.29, 0.717) is 6.04 Å². The Bertz CT molecular complexity index is 279. The molecule has 3 heteroatoms. The highest BCUT2D eigenvalue weighted by molar-refractivity contribution is 4.98. The van der Waals surface area contributed by atoms with E-state index in [0.717, 1.165) is 38.1 Å². The van der Waals surface area contributed by atoms with Gasteiger partial charge in [0, 0.05) is 24.7 Å². The zero-order valence-electron chi connectivity index (χ0n) is 14.0. The lowest BCUT2D eigenvalue weighted by molar-refractivity contribution is -0.0342. The minimum atomic E-state index is 0.224. The highest BCUT2D eigenvalue weighted by atomic mass is 16.5. The molecule has 0 aromatic rings. The molecule has 1 saturated carbocycles. The normalized spacial score (nSPS) is 31.2. The molecule has 1 aliphatic heterocycles. The van der Waals surface area contributed by atoms with Gasteiger partial charge in [-0.2, -0.15) is 0 Å². The van der Waals surface area contributed by atoms with E-state index in [2.05, 4.69) is 38.0 Å². The van der Waals surface area contributed by atoms with E-state index in [-0.39, 0.29) is 5.54 Å². The summed E-state index contributed by atoms with van der Waals surface area (Å²) in [6, 6.07) is 0.596. The maximum atomic E-state index is 5.52. The average Bonchev–Trinajstić information content (AvgIpc) is 2.49. The van der Waals surface area contributed by atoms with E-state index in [1.54, 1.807) is 0 Å². The molecule has 1 atom stereocenters. The molecule has 0 aromatic carbocycles. The summed E-state index contributed by atoms with van der Waals surface area (Å²) >= 11 is 0. The first-order chi connectivity index (χ1) is 9.59. The number of morpholine rings is 1. The SMILES string of the molecule is CCC1CCC(C(NC)C(C)(C)N2CCOCC2)CC1. The van der Waals surface area contributed by atoms with Crippen LogP contribution in [0.2, 0.25) is 0 Å². The van der Waals surface area contributed by atoms with Crippen molar-refractivity contribution in [3.63, 3.8) is 0 Å². The van der Waals surface area contributed by atoms with Gasteiger partial charge in [0.25, 0.3) is 0 Å². The summed E-state index contributed by atoms with van der Waals surface area (Å²) in [7, 11) is 2.15. The number of nitrogens with one attached hydrogen (secondary N) is 1. The Kier molecular flexibility index (Phi) is 5.88. The van der Waals surface area contributed by atoms with Crippen LogP contribution in [0.25, 0.3) is 0 Å². The second-order valence-electron chi connectivity index (χ2n) is 7.21. The van der Waals surface area contributed by atoms with Gasteiger partial charge in [-0.25, -0.2) is 0 Å². The third-order valence-electron chi connectivity index (χ3n) is 5.84. The topological polar surface area (TPSA) is 24.5 Å². The van der Waals surface area contributed by atoms with Crippen molar-refractivity contribution >= 4 is 0 Å². The number of ether oxygens (including phenoxy) is 1. The minimum Gasteiger partial charge on any atom is -0.379 e. The summed E-state index contributed by atoms with van der Waals surface area (Å²) in [5.74, 6) is 1.82. The number of likely N-dealkylation sites (N-methyl/N-ethyl adjacent to an activating group) is 1. The first-order valence-corrected chi connectivity index (χ1v) is 8.59. The van der Waals surface area contributed by atoms with Crippen molar-refractivity contribution in [3.8, 4) is 0 Å². The third-order valence-corrected chi connectivity index (χ3v) is 5.84. The van der Waals surface area contributed by atoms with E-state index in [9.17, 15) is 0 Å². The van der Waals surface area contributed by atoms with Crippen LogP contribution in [0.5, 0.6) is 0 Å².